The molecule has 0 aliphatic carbocycles. The van der Waals surface area contributed by atoms with E-state index in [4.69, 9.17) is 23.2 Å². The van der Waals surface area contributed by atoms with Gasteiger partial charge in [0.1, 0.15) is 0 Å². The second kappa shape index (κ2) is 4.03. The van der Waals surface area contributed by atoms with E-state index < -0.39 is 4.33 Å². The van der Waals surface area contributed by atoms with Crippen molar-refractivity contribution in [2.75, 3.05) is 11.4 Å². The molecule has 1 amide bonds. The number of para-hydroxylation sites is 1. The highest BCUT2D eigenvalue weighted by molar-refractivity contribution is 6.59. The van der Waals surface area contributed by atoms with Crippen molar-refractivity contribution in [1.82, 2.24) is 0 Å². The normalized spacial score (nSPS) is 20.4. The maximum absolute atomic E-state index is 11.9. The fourth-order valence-corrected chi connectivity index (χ4v) is 2.19. The Morgan fingerprint density at radius 2 is 1.87 bits per heavy atom. The van der Waals surface area contributed by atoms with Crippen LogP contribution in [0.5, 0.6) is 0 Å². The van der Waals surface area contributed by atoms with E-state index in [1.807, 2.05) is 30.3 Å². The molecule has 0 aromatic heterocycles. The first-order valence-electron chi connectivity index (χ1n) is 4.86. The predicted molar refractivity (Wildman–Crippen MR) is 62.5 cm³/mol. The van der Waals surface area contributed by atoms with Crippen LogP contribution in [0.1, 0.15) is 12.8 Å². The molecule has 80 valence electrons. The van der Waals surface area contributed by atoms with E-state index in [1.54, 1.807) is 4.90 Å². The first-order chi connectivity index (χ1) is 7.11. The van der Waals surface area contributed by atoms with Crippen LogP contribution in [-0.2, 0) is 4.79 Å². The van der Waals surface area contributed by atoms with Crippen LogP contribution in [0, 0.1) is 0 Å². The predicted octanol–water partition coefficient (Wildman–Crippen LogP) is 2.99. The molecule has 1 aliphatic rings. The second-order valence-electron chi connectivity index (χ2n) is 3.60. The van der Waals surface area contributed by atoms with Crippen LogP contribution in [0.25, 0.3) is 0 Å². The molecule has 4 heteroatoms. The molecule has 0 unspecified atom stereocenters. The van der Waals surface area contributed by atoms with Gasteiger partial charge in [0.15, 0.2) is 4.33 Å². The summed E-state index contributed by atoms with van der Waals surface area (Å²) in [6.45, 7) is 0.685. The van der Waals surface area contributed by atoms with Crippen molar-refractivity contribution >= 4 is 34.8 Å². The van der Waals surface area contributed by atoms with Crippen molar-refractivity contribution < 1.29 is 4.79 Å². The Bertz CT molecular complexity index is 364. The van der Waals surface area contributed by atoms with E-state index >= 15 is 0 Å². The lowest BCUT2D eigenvalue weighted by molar-refractivity contribution is -0.120. The Hall–Kier alpha value is -0.730. The minimum atomic E-state index is -1.26. The SMILES string of the molecule is O=C1N(c2ccccc2)CCCC1(Cl)Cl. The quantitative estimate of drug-likeness (QED) is 0.695. The first-order valence-corrected chi connectivity index (χ1v) is 5.62. The molecule has 1 heterocycles. The molecular formula is C11H11Cl2NO. The van der Waals surface area contributed by atoms with Crippen molar-refractivity contribution in [2.45, 2.75) is 17.2 Å². The van der Waals surface area contributed by atoms with E-state index in [9.17, 15) is 4.79 Å². The molecule has 0 bridgehead atoms. The van der Waals surface area contributed by atoms with E-state index in [2.05, 4.69) is 0 Å². The Labute approximate surface area is 98.8 Å². The highest BCUT2D eigenvalue weighted by atomic mass is 35.5. The van der Waals surface area contributed by atoms with Crippen LogP contribution in [0.15, 0.2) is 30.3 Å². The topological polar surface area (TPSA) is 20.3 Å². The summed E-state index contributed by atoms with van der Waals surface area (Å²) in [6, 6.07) is 9.45. The number of alkyl halides is 2. The van der Waals surface area contributed by atoms with Gasteiger partial charge in [0, 0.05) is 12.2 Å². The highest BCUT2D eigenvalue weighted by Gasteiger charge is 2.40. The lowest BCUT2D eigenvalue weighted by atomic mass is 10.1. The molecule has 0 spiro atoms. The average molecular weight is 244 g/mol. The van der Waals surface area contributed by atoms with Gasteiger partial charge in [-0.05, 0) is 25.0 Å². The number of benzene rings is 1. The van der Waals surface area contributed by atoms with Gasteiger partial charge in [-0.1, -0.05) is 41.4 Å². The number of piperidine rings is 1. The van der Waals surface area contributed by atoms with Gasteiger partial charge in [-0.25, -0.2) is 0 Å². The molecular weight excluding hydrogens is 233 g/mol. The minimum Gasteiger partial charge on any atom is -0.310 e. The summed E-state index contributed by atoms with van der Waals surface area (Å²) >= 11 is 11.9. The summed E-state index contributed by atoms with van der Waals surface area (Å²) in [5.41, 5.74) is 0.855. The van der Waals surface area contributed by atoms with Crippen LogP contribution in [0.2, 0.25) is 0 Å². The maximum Gasteiger partial charge on any atom is 0.263 e. The summed E-state index contributed by atoms with van der Waals surface area (Å²) in [4.78, 5) is 13.6. The average Bonchev–Trinajstić information content (AvgIpc) is 2.23. The summed E-state index contributed by atoms with van der Waals surface area (Å²) in [7, 11) is 0. The Balaban J connectivity index is 2.27. The van der Waals surface area contributed by atoms with E-state index in [0.717, 1.165) is 12.1 Å². The number of anilines is 1. The monoisotopic (exact) mass is 243 g/mol. The van der Waals surface area contributed by atoms with Crippen molar-refractivity contribution in [2.24, 2.45) is 0 Å². The summed E-state index contributed by atoms with van der Waals surface area (Å²) in [5.74, 6) is -0.219. The van der Waals surface area contributed by atoms with E-state index in [-0.39, 0.29) is 5.91 Å². The van der Waals surface area contributed by atoms with Gasteiger partial charge in [0.25, 0.3) is 5.91 Å². The van der Waals surface area contributed by atoms with E-state index in [0.29, 0.717) is 13.0 Å². The molecule has 0 saturated carbocycles. The zero-order chi connectivity index (χ0) is 10.9. The molecule has 0 atom stereocenters. The fourth-order valence-electron chi connectivity index (χ4n) is 1.72. The number of halogens is 2. The third kappa shape index (κ3) is 2.11. The number of nitrogens with zero attached hydrogens (tertiary/aromatic N) is 1. The van der Waals surface area contributed by atoms with Gasteiger partial charge in [-0.15, -0.1) is 0 Å². The number of amides is 1. The van der Waals surface area contributed by atoms with Crippen LogP contribution >= 0.6 is 23.2 Å². The minimum absolute atomic E-state index is 0.219. The van der Waals surface area contributed by atoms with Crippen LogP contribution in [-0.4, -0.2) is 16.8 Å². The molecule has 0 radical (unpaired) electrons. The van der Waals surface area contributed by atoms with Gasteiger partial charge in [0.05, 0.1) is 0 Å². The second-order valence-corrected chi connectivity index (χ2v) is 5.08. The number of rotatable bonds is 1. The Morgan fingerprint density at radius 1 is 1.20 bits per heavy atom. The lowest BCUT2D eigenvalue weighted by Gasteiger charge is -2.33. The molecule has 0 N–H and O–H groups in total. The molecule has 15 heavy (non-hydrogen) atoms. The van der Waals surface area contributed by atoms with Gasteiger partial charge in [-0.2, -0.15) is 0 Å². The third-order valence-electron chi connectivity index (χ3n) is 2.50. The van der Waals surface area contributed by atoms with Gasteiger partial charge >= 0.3 is 0 Å². The number of hydrogen-bond acceptors (Lipinski definition) is 1. The highest BCUT2D eigenvalue weighted by Crippen LogP contribution is 2.35. The fraction of sp³-hybridized carbons (Fsp3) is 0.364. The summed E-state index contributed by atoms with van der Waals surface area (Å²) in [5, 5.41) is 0. The molecule has 1 aromatic carbocycles. The molecule has 1 aliphatic heterocycles. The van der Waals surface area contributed by atoms with Crippen LogP contribution in [0.4, 0.5) is 5.69 Å². The largest absolute Gasteiger partial charge is 0.310 e. The zero-order valence-electron chi connectivity index (χ0n) is 8.12. The van der Waals surface area contributed by atoms with Crippen LogP contribution in [0.3, 0.4) is 0 Å². The van der Waals surface area contributed by atoms with Gasteiger partial charge in [-0.3, -0.25) is 4.79 Å². The summed E-state index contributed by atoms with van der Waals surface area (Å²) < 4.78 is -1.26. The van der Waals surface area contributed by atoms with Crippen LogP contribution < -0.4 is 4.90 Å². The number of carbonyl (C=O) groups is 1. The Kier molecular flexibility index (Phi) is 2.89. The first kappa shape index (κ1) is 10.8. The summed E-state index contributed by atoms with van der Waals surface area (Å²) in [6.07, 6.45) is 1.35. The number of hydrogen-bond donors (Lipinski definition) is 0. The molecule has 1 aromatic rings. The van der Waals surface area contributed by atoms with Crippen molar-refractivity contribution in [3.8, 4) is 0 Å². The zero-order valence-corrected chi connectivity index (χ0v) is 9.63. The van der Waals surface area contributed by atoms with Crippen molar-refractivity contribution in [1.29, 1.82) is 0 Å². The van der Waals surface area contributed by atoms with Gasteiger partial charge < -0.3 is 4.90 Å². The standard InChI is InChI=1S/C11H11Cl2NO/c12-11(13)7-4-8-14(10(11)15)9-5-2-1-3-6-9/h1-3,5-6H,4,7-8H2. The van der Waals surface area contributed by atoms with E-state index in [1.165, 1.54) is 0 Å². The molecule has 2 nitrogen and oxygen atoms in total. The van der Waals surface area contributed by atoms with Gasteiger partial charge in [0.2, 0.25) is 0 Å². The molecule has 2 rings (SSSR count). The Morgan fingerprint density at radius 3 is 2.53 bits per heavy atom. The third-order valence-corrected chi connectivity index (χ3v) is 3.20. The molecule has 1 fully saturated rings. The van der Waals surface area contributed by atoms with Crippen molar-refractivity contribution in [3.05, 3.63) is 30.3 Å². The smallest absolute Gasteiger partial charge is 0.263 e. The lowest BCUT2D eigenvalue weighted by Crippen LogP contribution is -2.47. The molecule has 1 saturated heterocycles. The number of carbonyl (C=O) groups excluding carboxylic acids is 1. The maximum atomic E-state index is 11.9. The van der Waals surface area contributed by atoms with Crippen molar-refractivity contribution in [3.63, 3.8) is 0 Å².